The van der Waals surface area contributed by atoms with Crippen molar-refractivity contribution in [1.29, 1.82) is 0 Å². The van der Waals surface area contributed by atoms with Crippen molar-refractivity contribution in [3.63, 3.8) is 0 Å². The lowest BCUT2D eigenvalue weighted by atomic mass is 9.91. The van der Waals surface area contributed by atoms with Gasteiger partial charge in [-0.1, -0.05) is 19.9 Å². The van der Waals surface area contributed by atoms with E-state index in [0.717, 1.165) is 5.56 Å². The molecular weight excluding hydrogens is 232 g/mol. The highest BCUT2D eigenvalue weighted by atomic mass is 16.5. The molecule has 4 heteroatoms. The van der Waals surface area contributed by atoms with Gasteiger partial charge >= 0.3 is 5.97 Å². The zero-order valence-corrected chi connectivity index (χ0v) is 10.7. The van der Waals surface area contributed by atoms with Crippen molar-refractivity contribution in [3.05, 3.63) is 29.3 Å². The smallest absolute Gasteiger partial charge is 0.320 e. The molecule has 1 unspecified atom stereocenters. The van der Waals surface area contributed by atoms with Crippen molar-refractivity contribution in [3.8, 4) is 5.75 Å². The van der Waals surface area contributed by atoms with Crippen LogP contribution in [0.25, 0.3) is 0 Å². The van der Waals surface area contributed by atoms with Gasteiger partial charge in [0.25, 0.3) is 0 Å². The van der Waals surface area contributed by atoms with Crippen LogP contribution in [-0.4, -0.2) is 25.5 Å². The van der Waals surface area contributed by atoms with Crippen LogP contribution >= 0.6 is 0 Å². The van der Waals surface area contributed by atoms with Crippen molar-refractivity contribution < 1.29 is 19.1 Å². The molecule has 4 nitrogen and oxygen atoms in total. The Hall–Kier alpha value is -1.84. The van der Waals surface area contributed by atoms with Crippen molar-refractivity contribution in [2.75, 3.05) is 13.7 Å². The number of esters is 1. The molecule has 1 aliphatic heterocycles. The molecule has 0 amide bonds. The lowest BCUT2D eigenvalue weighted by molar-refractivity contribution is -0.144. The van der Waals surface area contributed by atoms with E-state index in [1.54, 1.807) is 12.1 Å². The Morgan fingerprint density at radius 2 is 2.17 bits per heavy atom. The van der Waals surface area contributed by atoms with Gasteiger partial charge < -0.3 is 9.47 Å². The summed E-state index contributed by atoms with van der Waals surface area (Å²) < 4.78 is 10.1. The summed E-state index contributed by atoms with van der Waals surface area (Å²) in [6, 6.07) is 5.53. The molecule has 0 aromatic heterocycles. The maximum absolute atomic E-state index is 12.2. The molecule has 96 valence electrons. The number of carbonyl (C=O) groups is 2. The van der Waals surface area contributed by atoms with Gasteiger partial charge in [0.15, 0.2) is 11.7 Å². The summed E-state index contributed by atoms with van der Waals surface area (Å²) in [4.78, 5) is 23.7. The number of carbonyl (C=O) groups excluding carboxylic acids is 2. The van der Waals surface area contributed by atoms with E-state index in [1.165, 1.54) is 7.11 Å². The minimum Gasteiger partial charge on any atom is -0.491 e. The van der Waals surface area contributed by atoms with Gasteiger partial charge in [0.1, 0.15) is 12.4 Å². The standard InChI is InChI=1S/C14H16O4/c1-8(2)9-4-5-12-10(6-9)13(15)11(7-18-12)14(16)17-3/h4-6,8,11H,7H2,1-3H3. The molecule has 0 fully saturated rings. The second-order valence-corrected chi connectivity index (χ2v) is 4.66. The van der Waals surface area contributed by atoms with Gasteiger partial charge in [-0.15, -0.1) is 0 Å². The first-order valence-corrected chi connectivity index (χ1v) is 5.93. The Bertz CT molecular complexity index is 491. The zero-order valence-electron chi connectivity index (χ0n) is 10.7. The molecule has 0 aliphatic carbocycles. The number of ketones is 1. The van der Waals surface area contributed by atoms with E-state index in [4.69, 9.17) is 4.74 Å². The van der Waals surface area contributed by atoms with Crippen LogP contribution in [0.15, 0.2) is 18.2 Å². The van der Waals surface area contributed by atoms with E-state index < -0.39 is 11.9 Å². The third-order valence-electron chi connectivity index (χ3n) is 3.14. The molecule has 1 aromatic carbocycles. The molecule has 1 atom stereocenters. The quantitative estimate of drug-likeness (QED) is 0.594. The first kappa shape index (κ1) is 12.6. The SMILES string of the molecule is COC(=O)C1COc2ccc(C(C)C)cc2C1=O. The molecule has 1 aromatic rings. The van der Waals surface area contributed by atoms with Gasteiger partial charge in [-0.05, 0) is 23.6 Å². The van der Waals surface area contributed by atoms with Crippen molar-refractivity contribution in [2.24, 2.45) is 5.92 Å². The molecule has 0 N–H and O–H groups in total. The minimum absolute atomic E-state index is 0.0551. The fourth-order valence-corrected chi connectivity index (χ4v) is 1.98. The minimum atomic E-state index is -0.843. The summed E-state index contributed by atoms with van der Waals surface area (Å²) in [5.41, 5.74) is 1.53. The van der Waals surface area contributed by atoms with Crippen LogP contribution in [0.1, 0.15) is 35.7 Å². The van der Waals surface area contributed by atoms with E-state index >= 15 is 0 Å². The average Bonchev–Trinajstić information content (AvgIpc) is 2.38. The van der Waals surface area contributed by atoms with Gasteiger partial charge in [-0.3, -0.25) is 9.59 Å². The highest BCUT2D eigenvalue weighted by molar-refractivity contribution is 6.11. The number of rotatable bonds is 2. The summed E-state index contributed by atoms with van der Waals surface area (Å²) in [6.07, 6.45) is 0. The Balaban J connectivity index is 2.38. The molecule has 1 aliphatic rings. The number of Topliss-reactive ketones (excluding diaryl/α,β-unsaturated/α-hetero) is 1. The maximum Gasteiger partial charge on any atom is 0.320 e. The summed E-state index contributed by atoms with van der Waals surface area (Å²) in [7, 11) is 1.27. The van der Waals surface area contributed by atoms with E-state index in [2.05, 4.69) is 4.74 Å². The number of hydrogen-bond acceptors (Lipinski definition) is 4. The van der Waals surface area contributed by atoms with Crippen LogP contribution in [0.4, 0.5) is 0 Å². The predicted molar refractivity (Wildman–Crippen MR) is 65.9 cm³/mol. The second-order valence-electron chi connectivity index (χ2n) is 4.66. The molecule has 2 rings (SSSR count). The van der Waals surface area contributed by atoms with Crippen LogP contribution in [0.2, 0.25) is 0 Å². The molecule has 0 saturated carbocycles. The highest BCUT2D eigenvalue weighted by Gasteiger charge is 2.35. The Labute approximate surface area is 106 Å². The van der Waals surface area contributed by atoms with Gasteiger partial charge in [0, 0.05) is 0 Å². The number of hydrogen-bond donors (Lipinski definition) is 0. The fourth-order valence-electron chi connectivity index (χ4n) is 1.98. The van der Waals surface area contributed by atoms with Crippen LogP contribution in [0.3, 0.4) is 0 Å². The Morgan fingerprint density at radius 1 is 1.44 bits per heavy atom. The first-order valence-electron chi connectivity index (χ1n) is 5.93. The molecule has 0 spiro atoms. The third kappa shape index (κ3) is 2.10. The van der Waals surface area contributed by atoms with Crippen molar-refractivity contribution in [2.45, 2.75) is 19.8 Å². The highest BCUT2D eigenvalue weighted by Crippen LogP contribution is 2.30. The van der Waals surface area contributed by atoms with Crippen LogP contribution in [0.5, 0.6) is 5.75 Å². The average molecular weight is 248 g/mol. The van der Waals surface area contributed by atoms with Crippen LogP contribution < -0.4 is 4.74 Å². The topological polar surface area (TPSA) is 52.6 Å². The second kappa shape index (κ2) is 4.80. The van der Waals surface area contributed by atoms with E-state index in [9.17, 15) is 9.59 Å². The van der Waals surface area contributed by atoms with Crippen molar-refractivity contribution in [1.82, 2.24) is 0 Å². The summed E-state index contributed by atoms with van der Waals surface area (Å²) in [6.45, 7) is 4.15. The largest absolute Gasteiger partial charge is 0.491 e. The van der Waals surface area contributed by atoms with Gasteiger partial charge in [0.05, 0.1) is 12.7 Å². The summed E-state index contributed by atoms with van der Waals surface area (Å²) in [5, 5.41) is 0. The van der Waals surface area contributed by atoms with Crippen molar-refractivity contribution >= 4 is 11.8 Å². The summed E-state index contributed by atoms with van der Waals surface area (Å²) in [5.74, 6) is -0.734. The Kier molecular flexibility index (Phi) is 3.36. The molecule has 0 bridgehead atoms. The third-order valence-corrected chi connectivity index (χ3v) is 3.14. The number of fused-ring (bicyclic) bond motifs is 1. The maximum atomic E-state index is 12.2. The summed E-state index contributed by atoms with van der Waals surface area (Å²) >= 11 is 0. The van der Waals surface area contributed by atoms with E-state index in [-0.39, 0.29) is 12.4 Å². The van der Waals surface area contributed by atoms with Crippen LogP contribution in [0, 0.1) is 5.92 Å². The molecule has 1 heterocycles. The molecular formula is C14H16O4. The van der Waals surface area contributed by atoms with Gasteiger partial charge in [-0.25, -0.2) is 0 Å². The normalized spacial score (nSPS) is 18.2. The lowest BCUT2D eigenvalue weighted by Gasteiger charge is -2.23. The zero-order chi connectivity index (χ0) is 13.3. The molecule has 0 saturated heterocycles. The van der Waals surface area contributed by atoms with E-state index in [1.807, 2.05) is 19.9 Å². The lowest BCUT2D eigenvalue weighted by Crippen LogP contribution is -2.35. The first-order chi connectivity index (χ1) is 8.54. The molecule has 0 radical (unpaired) electrons. The van der Waals surface area contributed by atoms with E-state index in [0.29, 0.717) is 17.2 Å². The monoisotopic (exact) mass is 248 g/mol. The number of ether oxygens (including phenoxy) is 2. The van der Waals surface area contributed by atoms with Gasteiger partial charge in [-0.2, -0.15) is 0 Å². The predicted octanol–water partition coefficient (Wildman–Crippen LogP) is 2.17. The molecule has 18 heavy (non-hydrogen) atoms. The number of methoxy groups -OCH3 is 1. The fraction of sp³-hybridized carbons (Fsp3) is 0.429. The van der Waals surface area contributed by atoms with Crippen LogP contribution in [-0.2, 0) is 9.53 Å². The van der Waals surface area contributed by atoms with Gasteiger partial charge in [0.2, 0.25) is 0 Å². The number of benzene rings is 1. The Morgan fingerprint density at radius 3 is 2.78 bits per heavy atom.